The van der Waals surface area contributed by atoms with Gasteiger partial charge in [-0.2, -0.15) is 13.2 Å². The number of amides is 2. The first-order chi connectivity index (χ1) is 10.4. The molecule has 2 atom stereocenters. The van der Waals surface area contributed by atoms with Crippen molar-refractivity contribution in [1.82, 2.24) is 10.6 Å². The van der Waals surface area contributed by atoms with E-state index < -0.39 is 11.7 Å². The number of nitrogens with one attached hydrogen (secondary N) is 2. The number of urea groups is 1. The molecule has 2 N–H and O–H groups in total. The summed E-state index contributed by atoms with van der Waals surface area (Å²) < 4.78 is 37.9. The molecule has 2 amide bonds. The van der Waals surface area contributed by atoms with Crippen molar-refractivity contribution in [2.24, 2.45) is 5.92 Å². The third-order valence-corrected chi connectivity index (χ3v) is 4.14. The predicted octanol–water partition coefficient (Wildman–Crippen LogP) is 4.08. The van der Waals surface area contributed by atoms with Crippen molar-refractivity contribution in [3.05, 3.63) is 35.4 Å². The predicted molar refractivity (Wildman–Crippen MR) is 78.2 cm³/mol. The minimum Gasteiger partial charge on any atom is -0.335 e. The maximum Gasteiger partial charge on any atom is 0.416 e. The lowest BCUT2D eigenvalue weighted by Gasteiger charge is -2.29. The second-order valence-corrected chi connectivity index (χ2v) is 5.89. The summed E-state index contributed by atoms with van der Waals surface area (Å²) >= 11 is 0. The average Bonchev–Trinajstić information content (AvgIpc) is 2.47. The Bertz CT molecular complexity index is 516. The van der Waals surface area contributed by atoms with Crippen LogP contribution in [0.15, 0.2) is 24.3 Å². The van der Waals surface area contributed by atoms with Crippen LogP contribution in [0.25, 0.3) is 0 Å². The zero-order valence-electron chi connectivity index (χ0n) is 12.5. The fourth-order valence-electron chi connectivity index (χ4n) is 2.79. The molecular weight excluding hydrogens is 293 g/mol. The molecule has 0 radical (unpaired) electrons. The molecule has 0 aromatic heterocycles. The molecule has 0 bridgehead atoms. The van der Waals surface area contributed by atoms with Gasteiger partial charge in [0.1, 0.15) is 0 Å². The van der Waals surface area contributed by atoms with Gasteiger partial charge in [0.05, 0.1) is 5.56 Å². The van der Waals surface area contributed by atoms with Crippen LogP contribution in [-0.2, 0) is 12.7 Å². The van der Waals surface area contributed by atoms with Crippen molar-refractivity contribution in [1.29, 1.82) is 0 Å². The molecule has 0 heterocycles. The van der Waals surface area contributed by atoms with E-state index >= 15 is 0 Å². The topological polar surface area (TPSA) is 41.1 Å². The quantitative estimate of drug-likeness (QED) is 0.867. The number of hydrogen-bond donors (Lipinski definition) is 2. The average molecular weight is 314 g/mol. The minimum absolute atomic E-state index is 0.0802. The molecule has 0 aliphatic heterocycles. The van der Waals surface area contributed by atoms with E-state index in [-0.39, 0.29) is 18.6 Å². The van der Waals surface area contributed by atoms with E-state index in [0.717, 1.165) is 31.4 Å². The Morgan fingerprint density at radius 2 is 2.00 bits per heavy atom. The summed E-state index contributed by atoms with van der Waals surface area (Å²) in [6.45, 7) is 2.19. The number of carbonyl (C=O) groups is 1. The van der Waals surface area contributed by atoms with Crippen LogP contribution in [0.4, 0.5) is 18.0 Å². The largest absolute Gasteiger partial charge is 0.416 e. The minimum atomic E-state index is -4.37. The molecule has 3 nitrogen and oxygen atoms in total. The maximum atomic E-state index is 12.6. The van der Waals surface area contributed by atoms with Gasteiger partial charge in [0, 0.05) is 12.6 Å². The molecule has 6 heteroatoms. The monoisotopic (exact) mass is 314 g/mol. The Kier molecular flexibility index (Phi) is 5.32. The second kappa shape index (κ2) is 7.03. The standard InChI is InChI=1S/C16H21F3N2O/c1-11-5-2-3-8-14(11)21-15(22)20-10-12-6-4-7-13(9-12)16(17,18)19/h4,6-7,9,11,14H,2-3,5,8,10H2,1H3,(H2,20,21,22)/t11-,14-/m0/s1. The van der Waals surface area contributed by atoms with Crippen LogP contribution in [0, 0.1) is 5.92 Å². The number of alkyl halides is 3. The molecular formula is C16H21F3N2O. The summed E-state index contributed by atoms with van der Waals surface area (Å²) in [6, 6.07) is 4.82. The van der Waals surface area contributed by atoms with Crippen molar-refractivity contribution >= 4 is 6.03 Å². The van der Waals surface area contributed by atoms with Crippen LogP contribution in [0.3, 0.4) is 0 Å². The van der Waals surface area contributed by atoms with E-state index in [1.165, 1.54) is 12.5 Å². The number of rotatable bonds is 3. The van der Waals surface area contributed by atoms with Gasteiger partial charge in [0.25, 0.3) is 0 Å². The van der Waals surface area contributed by atoms with E-state index in [2.05, 4.69) is 17.6 Å². The molecule has 122 valence electrons. The van der Waals surface area contributed by atoms with Gasteiger partial charge in [-0.3, -0.25) is 0 Å². The number of hydrogen-bond acceptors (Lipinski definition) is 1. The van der Waals surface area contributed by atoms with Crippen molar-refractivity contribution in [3.8, 4) is 0 Å². The Morgan fingerprint density at radius 3 is 2.68 bits per heavy atom. The Balaban J connectivity index is 1.86. The van der Waals surface area contributed by atoms with Crippen LogP contribution in [0.2, 0.25) is 0 Å². The molecule has 1 aromatic carbocycles. The molecule has 2 rings (SSSR count). The van der Waals surface area contributed by atoms with Gasteiger partial charge in [0.2, 0.25) is 0 Å². The van der Waals surface area contributed by atoms with Gasteiger partial charge in [-0.1, -0.05) is 31.9 Å². The Hall–Kier alpha value is -1.72. The highest BCUT2D eigenvalue weighted by molar-refractivity contribution is 5.74. The molecule has 1 saturated carbocycles. The molecule has 22 heavy (non-hydrogen) atoms. The van der Waals surface area contributed by atoms with E-state index in [9.17, 15) is 18.0 Å². The summed E-state index contributed by atoms with van der Waals surface area (Å²) in [5.74, 6) is 0.438. The lowest BCUT2D eigenvalue weighted by atomic mass is 9.86. The Labute approximate surface area is 128 Å². The van der Waals surface area contributed by atoms with Crippen LogP contribution in [0.5, 0.6) is 0 Å². The lowest BCUT2D eigenvalue weighted by molar-refractivity contribution is -0.137. The lowest BCUT2D eigenvalue weighted by Crippen LogP contribution is -2.45. The van der Waals surface area contributed by atoms with Gasteiger partial charge in [-0.25, -0.2) is 4.79 Å². The number of carbonyl (C=O) groups excluding carboxylic acids is 1. The first-order valence-corrected chi connectivity index (χ1v) is 7.57. The normalized spacial score (nSPS) is 22.2. The summed E-state index contributed by atoms with van der Waals surface area (Å²) in [6.07, 6.45) is -0.0271. The highest BCUT2D eigenvalue weighted by atomic mass is 19.4. The second-order valence-electron chi connectivity index (χ2n) is 5.89. The zero-order chi connectivity index (χ0) is 16.2. The third kappa shape index (κ3) is 4.64. The van der Waals surface area contributed by atoms with Gasteiger partial charge in [-0.15, -0.1) is 0 Å². The first kappa shape index (κ1) is 16.6. The van der Waals surface area contributed by atoms with E-state index in [1.54, 1.807) is 6.07 Å². The summed E-state index contributed by atoms with van der Waals surface area (Å²) in [5, 5.41) is 5.54. The zero-order valence-corrected chi connectivity index (χ0v) is 12.5. The van der Waals surface area contributed by atoms with Crippen molar-refractivity contribution < 1.29 is 18.0 Å². The number of halogens is 3. The fourth-order valence-corrected chi connectivity index (χ4v) is 2.79. The molecule has 0 unspecified atom stereocenters. The van der Waals surface area contributed by atoms with E-state index in [1.807, 2.05) is 0 Å². The molecule has 0 saturated heterocycles. The first-order valence-electron chi connectivity index (χ1n) is 7.57. The maximum absolute atomic E-state index is 12.6. The van der Waals surface area contributed by atoms with Crippen molar-refractivity contribution in [3.63, 3.8) is 0 Å². The smallest absolute Gasteiger partial charge is 0.335 e. The summed E-state index contributed by atoms with van der Waals surface area (Å²) in [7, 11) is 0. The Morgan fingerprint density at radius 1 is 1.27 bits per heavy atom. The fraction of sp³-hybridized carbons (Fsp3) is 0.562. The SMILES string of the molecule is C[C@H]1CCCC[C@@H]1NC(=O)NCc1cccc(C(F)(F)F)c1. The van der Waals surface area contributed by atoms with Gasteiger partial charge < -0.3 is 10.6 Å². The number of benzene rings is 1. The van der Waals surface area contributed by atoms with Crippen molar-refractivity contribution in [2.45, 2.75) is 51.4 Å². The van der Waals surface area contributed by atoms with Crippen LogP contribution >= 0.6 is 0 Å². The van der Waals surface area contributed by atoms with Crippen LogP contribution < -0.4 is 10.6 Å². The molecule has 1 aromatic rings. The van der Waals surface area contributed by atoms with E-state index in [4.69, 9.17) is 0 Å². The third-order valence-electron chi connectivity index (χ3n) is 4.14. The summed E-state index contributed by atoms with van der Waals surface area (Å²) in [4.78, 5) is 11.9. The summed E-state index contributed by atoms with van der Waals surface area (Å²) in [5.41, 5.74) is -0.269. The molecule has 1 fully saturated rings. The highest BCUT2D eigenvalue weighted by Crippen LogP contribution is 2.29. The van der Waals surface area contributed by atoms with Crippen LogP contribution in [-0.4, -0.2) is 12.1 Å². The van der Waals surface area contributed by atoms with Crippen LogP contribution in [0.1, 0.15) is 43.7 Å². The van der Waals surface area contributed by atoms with Gasteiger partial charge >= 0.3 is 12.2 Å². The van der Waals surface area contributed by atoms with Crippen molar-refractivity contribution in [2.75, 3.05) is 0 Å². The van der Waals surface area contributed by atoms with Gasteiger partial charge in [0.15, 0.2) is 0 Å². The van der Waals surface area contributed by atoms with E-state index in [0.29, 0.717) is 11.5 Å². The highest BCUT2D eigenvalue weighted by Gasteiger charge is 2.30. The molecule has 1 aliphatic carbocycles. The molecule has 0 spiro atoms. The molecule has 1 aliphatic rings. The van der Waals surface area contributed by atoms with Gasteiger partial charge in [-0.05, 0) is 36.5 Å².